The van der Waals surface area contributed by atoms with Crippen LogP contribution < -0.4 is 14.8 Å². The molecule has 0 spiro atoms. The molecule has 0 saturated carbocycles. The molecule has 31 heavy (non-hydrogen) atoms. The van der Waals surface area contributed by atoms with E-state index in [9.17, 15) is 14.0 Å². The number of carbonyl (C=O) groups is 2. The van der Waals surface area contributed by atoms with Crippen molar-refractivity contribution in [3.05, 3.63) is 58.3 Å². The van der Waals surface area contributed by atoms with Gasteiger partial charge in [-0.25, -0.2) is 4.39 Å². The van der Waals surface area contributed by atoms with Crippen molar-refractivity contribution in [3.8, 4) is 11.5 Å². The largest absolute Gasteiger partial charge is 0.494 e. The second-order valence-electron chi connectivity index (χ2n) is 7.37. The molecule has 1 atom stereocenters. The average molecular weight is 493 g/mol. The summed E-state index contributed by atoms with van der Waals surface area (Å²) in [7, 11) is 0. The molecular weight excluding hydrogens is 467 g/mol. The molecule has 166 valence electrons. The SMILES string of the molecule is CCOc1ccc(C(=O)N2CCC(NC(=O)C(C)Oc3ccc(F)cc3Br)CC2)cc1. The van der Waals surface area contributed by atoms with Crippen LogP contribution in [-0.2, 0) is 4.79 Å². The molecule has 6 nitrogen and oxygen atoms in total. The van der Waals surface area contributed by atoms with Crippen molar-refractivity contribution in [2.75, 3.05) is 19.7 Å². The summed E-state index contributed by atoms with van der Waals surface area (Å²) in [6.45, 7) is 5.27. The fraction of sp³-hybridized carbons (Fsp3) is 0.391. The first-order valence-electron chi connectivity index (χ1n) is 10.3. The van der Waals surface area contributed by atoms with Crippen molar-refractivity contribution >= 4 is 27.7 Å². The van der Waals surface area contributed by atoms with Crippen LogP contribution in [0.25, 0.3) is 0 Å². The number of piperidine rings is 1. The molecule has 0 aromatic heterocycles. The summed E-state index contributed by atoms with van der Waals surface area (Å²) < 4.78 is 24.7. The van der Waals surface area contributed by atoms with E-state index in [1.807, 2.05) is 6.92 Å². The Bertz CT molecular complexity index is 914. The van der Waals surface area contributed by atoms with Crippen molar-refractivity contribution in [1.82, 2.24) is 10.2 Å². The second kappa shape index (κ2) is 10.6. The van der Waals surface area contributed by atoms with Crippen molar-refractivity contribution < 1.29 is 23.5 Å². The number of nitrogens with zero attached hydrogens (tertiary/aromatic N) is 1. The predicted octanol–water partition coefficient (Wildman–Crippen LogP) is 4.18. The first-order valence-corrected chi connectivity index (χ1v) is 11.1. The highest BCUT2D eigenvalue weighted by atomic mass is 79.9. The van der Waals surface area contributed by atoms with Gasteiger partial charge < -0.3 is 19.7 Å². The van der Waals surface area contributed by atoms with Gasteiger partial charge in [0.05, 0.1) is 11.1 Å². The first-order chi connectivity index (χ1) is 14.9. The maximum atomic E-state index is 13.2. The van der Waals surface area contributed by atoms with Gasteiger partial charge in [0.2, 0.25) is 0 Å². The van der Waals surface area contributed by atoms with Crippen LogP contribution in [0, 0.1) is 5.82 Å². The lowest BCUT2D eigenvalue weighted by Gasteiger charge is -2.33. The van der Waals surface area contributed by atoms with Gasteiger partial charge in [0.15, 0.2) is 6.10 Å². The van der Waals surface area contributed by atoms with Crippen molar-refractivity contribution in [2.24, 2.45) is 0 Å². The van der Waals surface area contributed by atoms with Gasteiger partial charge in [-0.3, -0.25) is 9.59 Å². The number of likely N-dealkylation sites (tertiary alicyclic amines) is 1. The topological polar surface area (TPSA) is 67.9 Å². The lowest BCUT2D eigenvalue weighted by molar-refractivity contribution is -0.128. The van der Waals surface area contributed by atoms with Crippen LogP contribution >= 0.6 is 15.9 Å². The predicted molar refractivity (Wildman–Crippen MR) is 119 cm³/mol. The van der Waals surface area contributed by atoms with E-state index in [4.69, 9.17) is 9.47 Å². The van der Waals surface area contributed by atoms with E-state index in [0.29, 0.717) is 48.3 Å². The van der Waals surface area contributed by atoms with E-state index in [1.54, 1.807) is 36.1 Å². The number of amides is 2. The Labute approximate surface area is 189 Å². The normalized spacial score (nSPS) is 15.3. The van der Waals surface area contributed by atoms with E-state index >= 15 is 0 Å². The summed E-state index contributed by atoms with van der Waals surface area (Å²) in [6, 6.07) is 11.2. The molecule has 2 amide bonds. The molecule has 1 unspecified atom stereocenters. The van der Waals surface area contributed by atoms with E-state index in [2.05, 4.69) is 21.2 Å². The summed E-state index contributed by atoms with van der Waals surface area (Å²) in [5.41, 5.74) is 0.623. The summed E-state index contributed by atoms with van der Waals surface area (Å²) >= 11 is 3.23. The van der Waals surface area contributed by atoms with Crippen LogP contribution in [0.4, 0.5) is 4.39 Å². The summed E-state index contributed by atoms with van der Waals surface area (Å²) in [4.78, 5) is 27.0. The van der Waals surface area contributed by atoms with E-state index < -0.39 is 6.10 Å². The van der Waals surface area contributed by atoms with Gasteiger partial charge in [0, 0.05) is 24.7 Å². The minimum Gasteiger partial charge on any atom is -0.494 e. The second-order valence-corrected chi connectivity index (χ2v) is 8.22. The molecule has 1 aliphatic rings. The van der Waals surface area contributed by atoms with E-state index in [-0.39, 0.29) is 23.7 Å². The van der Waals surface area contributed by atoms with Gasteiger partial charge >= 0.3 is 0 Å². The van der Waals surface area contributed by atoms with Crippen LogP contribution in [0.5, 0.6) is 11.5 Å². The Hall–Kier alpha value is -2.61. The fourth-order valence-corrected chi connectivity index (χ4v) is 3.85. The maximum Gasteiger partial charge on any atom is 0.260 e. The smallest absolute Gasteiger partial charge is 0.260 e. The lowest BCUT2D eigenvalue weighted by atomic mass is 10.0. The quantitative estimate of drug-likeness (QED) is 0.629. The third kappa shape index (κ3) is 6.19. The van der Waals surface area contributed by atoms with Crippen LogP contribution in [0.3, 0.4) is 0 Å². The third-order valence-electron chi connectivity index (χ3n) is 5.11. The Balaban J connectivity index is 1.47. The molecule has 0 bridgehead atoms. The average Bonchev–Trinajstić information content (AvgIpc) is 2.76. The van der Waals surface area contributed by atoms with Gasteiger partial charge in [-0.1, -0.05) is 0 Å². The number of ether oxygens (including phenoxy) is 2. The third-order valence-corrected chi connectivity index (χ3v) is 5.73. The van der Waals surface area contributed by atoms with Crippen molar-refractivity contribution in [2.45, 2.75) is 38.8 Å². The molecule has 2 aromatic rings. The Morgan fingerprint density at radius 2 is 1.87 bits per heavy atom. The number of hydrogen-bond acceptors (Lipinski definition) is 4. The molecule has 1 heterocycles. The van der Waals surface area contributed by atoms with Gasteiger partial charge in [0.1, 0.15) is 17.3 Å². The number of rotatable bonds is 7. The Morgan fingerprint density at radius 1 is 1.19 bits per heavy atom. The highest BCUT2D eigenvalue weighted by Crippen LogP contribution is 2.26. The molecule has 1 N–H and O–H groups in total. The molecule has 1 saturated heterocycles. The maximum absolute atomic E-state index is 13.2. The molecule has 8 heteroatoms. The van der Waals surface area contributed by atoms with Crippen LogP contribution in [-0.4, -0.2) is 48.6 Å². The zero-order valence-corrected chi connectivity index (χ0v) is 19.2. The molecule has 0 radical (unpaired) electrons. The van der Waals surface area contributed by atoms with Crippen molar-refractivity contribution in [3.63, 3.8) is 0 Å². The minimum atomic E-state index is -0.731. The van der Waals surface area contributed by atoms with Crippen LogP contribution in [0.1, 0.15) is 37.0 Å². The van der Waals surface area contributed by atoms with Gasteiger partial charge in [0.25, 0.3) is 11.8 Å². The zero-order valence-electron chi connectivity index (χ0n) is 17.6. The number of nitrogens with one attached hydrogen (secondary N) is 1. The Kier molecular flexibility index (Phi) is 7.90. The lowest BCUT2D eigenvalue weighted by Crippen LogP contribution is -2.49. The molecule has 1 fully saturated rings. The molecule has 3 rings (SSSR count). The zero-order chi connectivity index (χ0) is 22.4. The van der Waals surface area contributed by atoms with Crippen LogP contribution in [0.2, 0.25) is 0 Å². The van der Waals surface area contributed by atoms with Crippen molar-refractivity contribution in [1.29, 1.82) is 0 Å². The van der Waals surface area contributed by atoms with Gasteiger partial charge in [-0.15, -0.1) is 0 Å². The fourth-order valence-electron chi connectivity index (χ4n) is 3.40. The number of hydrogen-bond donors (Lipinski definition) is 1. The number of carbonyl (C=O) groups excluding carboxylic acids is 2. The van der Waals surface area contributed by atoms with E-state index in [1.165, 1.54) is 18.2 Å². The summed E-state index contributed by atoms with van der Waals surface area (Å²) in [5, 5.41) is 2.98. The van der Waals surface area contributed by atoms with Gasteiger partial charge in [-0.2, -0.15) is 0 Å². The molecule has 1 aliphatic heterocycles. The molecular formula is C23H26BrFN2O4. The number of halogens is 2. The van der Waals surface area contributed by atoms with Crippen LogP contribution in [0.15, 0.2) is 46.9 Å². The monoisotopic (exact) mass is 492 g/mol. The molecule has 0 aliphatic carbocycles. The Morgan fingerprint density at radius 3 is 2.48 bits per heavy atom. The summed E-state index contributed by atoms with van der Waals surface area (Å²) in [5.74, 6) is 0.491. The molecule has 2 aromatic carbocycles. The minimum absolute atomic E-state index is 0.0225. The van der Waals surface area contributed by atoms with E-state index in [0.717, 1.165) is 5.75 Å². The highest BCUT2D eigenvalue weighted by Gasteiger charge is 2.26. The summed E-state index contributed by atoms with van der Waals surface area (Å²) in [6.07, 6.45) is 0.605. The standard InChI is InChI=1S/C23H26BrFN2O4/c1-3-30-19-7-4-16(5-8-19)23(29)27-12-10-18(11-13-27)26-22(28)15(2)31-21-9-6-17(25)14-20(21)24/h4-9,14-15,18H,3,10-13H2,1-2H3,(H,26,28). The first kappa shape index (κ1) is 23.1. The van der Waals surface area contributed by atoms with Gasteiger partial charge in [-0.05, 0) is 85.1 Å². The number of benzene rings is 2. The highest BCUT2D eigenvalue weighted by molar-refractivity contribution is 9.10.